The molecule has 1 unspecified atom stereocenters. The van der Waals surface area contributed by atoms with Crippen molar-refractivity contribution >= 4 is 33.1 Å². The predicted octanol–water partition coefficient (Wildman–Crippen LogP) is 1.44. The Morgan fingerprint density at radius 2 is 2.33 bits per heavy atom. The predicted molar refractivity (Wildman–Crippen MR) is 84.4 cm³/mol. The lowest BCUT2D eigenvalue weighted by atomic mass is 10.1. The van der Waals surface area contributed by atoms with Crippen molar-refractivity contribution in [2.24, 2.45) is 0 Å². The molecule has 0 aromatic carbocycles. The second-order valence-corrected chi connectivity index (χ2v) is 6.39. The Morgan fingerprint density at radius 3 is 3.05 bits per heavy atom. The molecule has 21 heavy (non-hydrogen) atoms. The summed E-state index contributed by atoms with van der Waals surface area (Å²) in [5.74, 6) is 0.0158. The van der Waals surface area contributed by atoms with E-state index in [1.807, 2.05) is 11.0 Å². The first-order valence-corrected chi connectivity index (χ1v) is 7.92. The highest BCUT2D eigenvalue weighted by Crippen LogP contribution is 2.32. The summed E-state index contributed by atoms with van der Waals surface area (Å²) in [7, 11) is 2.11. The van der Waals surface area contributed by atoms with Gasteiger partial charge in [0.05, 0.1) is 11.9 Å². The fraction of sp³-hybridized carbons (Fsp3) is 0.500. The summed E-state index contributed by atoms with van der Waals surface area (Å²) < 4.78 is 0. The molecule has 7 heteroatoms. The lowest BCUT2D eigenvalue weighted by Gasteiger charge is -2.39. The molecule has 1 amide bonds. The van der Waals surface area contributed by atoms with E-state index in [1.165, 1.54) is 11.3 Å². The Balaban J connectivity index is 1.88. The molecule has 6 nitrogen and oxygen atoms in total. The maximum atomic E-state index is 12.7. The van der Waals surface area contributed by atoms with Gasteiger partial charge in [0.2, 0.25) is 0 Å². The van der Waals surface area contributed by atoms with Crippen molar-refractivity contribution in [3.8, 4) is 0 Å². The molecule has 0 bridgehead atoms. The molecule has 2 N–H and O–H groups in total. The lowest BCUT2D eigenvalue weighted by Crippen LogP contribution is -2.52. The van der Waals surface area contributed by atoms with Gasteiger partial charge in [-0.25, -0.2) is 0 Å². The highest BCUT2D eigenvalue weighted by Gasteiger charge is 2.29. The number of hydrogen-bond donors (Lipinski definition) is 1. The highest BCUT2D eigenvalue weighted by atomic mass is 32.1. The average Bonchev–Trinajstić information content (AvgIpc) is 2.85. The Labute approximate surface area is 127 Å². The Kier molecular flexibility index (Phi) is 3.77. The van der Waals surface area contributed by atoms with Crippen LogP contribution >= 0.6 is 11.3 Å². The molecule has 1 aliphatic rings. The van der Waals surface area contributed by atoms with Crippen LogP contribution in [-0.4, -0.2) is 58.6 Å². The van der Waals surface area contributed by atoms with Gasteiger partial charge in [-0.3, -0.25) is 9.69 Å². The normalized spacial score (nSPS) is 20.1. The van der Waals surface area contributed by atoms with Crippen molar-refractivity contribution in [1.29, 1.82) is 0 Å². The van der Waals surface area contributed by atoms with Crippen LogP contribution < -0.4 is 5.73 Å². The third-order valence-electron chi connectivity index (χ3n) is 4.15. The number of carbonyl (C=O) groups is 1. The minimum Gasteiger partial charge on any atom is -0.397 e. The fourth-order valence-electron chi connectivity index (χ4n) is 2.75. The number of thiophene rings is 1. The van der Waals surface area contributed by atoms with Gasteiger partial charge in [-0.05, 0) is 19.5 Å². The van der Waals surface area contributed by atoms with Crippen LogP contribution in [0.3, 0.4) is 0 Å². The number of rotatable bonds is 2. The fourth-order valence-corrected chi connectivity index (χ4v) is 3.75. The van der Waals surface area contributed by atoms with Crippen LogP contribution in [0.1, 0.15) is 23.0 Å². The number of nitrogens with zero attached hydrogens (tertiary/aromatic N) is 4. The second-order valence-electron chi connectivity index (χ2n) is 5.39. The van der Waals surface area contributed by atoms with E-state index in [4.69, 9.17) is 5.73 Å². The van der Waals surface area contributed by atoms with E-state index in [-0.39, 0.29) is 5.91 Å². The van der Waals surface area contributed by atoms with E-state index in [0.717, 1.165) is 36.3 Å². The number of nitrogens with two attached hydrogens (primary N) is 1. The van der Waals surface area contributed by atoms with Crippen molar-refractivity contribution in [3.05, 3.63) is 17.1 Å². The van der Waals surface area contributed by atoms with Crippen molar-refractivity contribution in [3.63, 3.8) is 0 Å². The molecular formula is C14H19N5OS. The van der Waals surface area contributed by atoms with E-state index >= 15 is 0 Å². The summed E-state index contributed by atoms with van der Waals surface area (Å²) in [6, 6.07) is 2.22. The molecule has 0 saturated carbocycles. The van der Waals surface area contributed by atoms with Gasteiger partial charge in [0, 0.05) is 31.1 Å². The molecule has 3 heterocycles. The molecule has 2 aromatic heterocycles. The summed E-state index contributed by atoms with van der Waals surface area (Å²) >= 11 is 1.33. The van der Waals surface area contributed by atoms with Crippen LogP contribution in [0.2, 0.25) is 0 Å². The summed E-state index contributed by atoms with van der Waals surface area (Å²) in [5.41, 5.74) is 6.66. The summed E-state index contributed by atoms with van der Waals surface area (Å²) in [4.78, 5) is 18.3. The maximum Gasteiger partial charge on any atom is 0.266 e. The third-order valence-corrected chi connectivity index (χ3v) is 5.24. The summed E-state index contributed by atoms with van der Waals surface area (Å²) in [6.45, 7) is 4.55. The van der Waals surface area contributed by atoms with Crippen molar-refractivity contribution in [2.75, 3.05) is 32.4 Å². The Bertz CT molecular complexity index is 670. The van der Waals surface area contributed by atoms with Gasteiger partial charge in [0.1, 0.15) is 9.71 Å². The molecule has 0 aliphatic carbocycles. The number of piperazine rings is 1. The summed E-state index contributed by atoms with van der Waals surface area (Å²) in [6.07, 6.45) is 2.64. The van der Waals surface area contributed by atoms with Gasteiger partial charge in [-0.15, -0.1) is 16.4 Å². The van der Waals surface area contributed by atoms with E-state index in [1.54, 1.807) is 6.20 Å². The second kappa shape index (κ2) is 5.57. The maximum absolute atomic E-state index is 12.7. The van der Waals surface area contributed by atoms with Crippen LogP contribution in [0.5, 0.6) is 0 Å². The minimum absolute atomic E-state index is 0.0158. The molecule has 2 aromatic rings. The van der Waals surface area contributed by atoms with Crippen molar-refractivity contribution < 1.29 is 4.79 Å². The Morgan fingerprint density at radius 1 is 1.52 bits per heavy atom. The first-order valence-electron chi connectivity index (χ1n) is 7.11. The molecule has 0 radical (unpaired) electrons. The number of fused-ring (bicyclic) bond motifs is 1. The largest absolute Gasteiger partial charge is 0.397 e. The number of amides is 1. The van der Waals surface area contributed by atoms with Gasteiger partial charge in [-0.2, -0.15) is 5.10 Å². The van der Waals surface area contributed by atoms with Gasteiger partial charge in [0.25, 0.3) is 5.91 Å². The quantitative estimate of drug-likeness (QED) is 0.908. The van der Waals surface area contributed by atoms with Crippen LogP contribution in [0.15, 0.2) is 12.3 Å². The first-order chi connectivity index (χ1) is 10.1. The molecule has 1 fully saturated rings. The molecule has 1 atom stereocenters. The molecule has 0 spiro atoms. The van der Waals surface area contributed by atoms with E-state index in [9.17, 15) is 4.79 Å². The zero-order valence-corrected chi connectivity index (χ0v) is 13.1. The number of likely N-dealkylation sites (N-methyl/N-ethyl adjacent to an activating group) is 1. The Hall–Kier alpha value is -1.73. The number of carbonyl (C=O) groups excluding carboxylic acids is 1. The monoisotopic (exact) mass is 305 g/mol. The summed E-state index contributed by atoms with van der Waals surface area (Å²) in [5, 5.41) is 8.71. The molecule has 1 aliphatic heterocycles. The SMILES string of the molecule is CCC1CN(C(=O)c2sc3nnccc3c2N)CCN1C. The van der Waals surface area contributed by atoms with E-state index in [0.29, 0.717) is 16.6 Å². The van der Waals surface area contributed by atoms with Gasteiger partial charge in [-0.1, -0.05) is 6.92 Å². The third kappa shape index (κ3) is 2.47. The number of nitrogen functional groups attached to an aromatic ring is 1. The standard InChI is InChI=1S/C14H19N5OS/c1-3-9-8-19(7-6-18(9)2)14(20)12-11(15)10-4-5-16-17-13(10)21-12/h4-5,9H,3,6-8,15H2,1-2H3. The number of hydrogen-bond acceptors (Lipinski definition) is 6. The molecule has 1 saturated heterocycles. The lowest BCUT2D eigenvalue weighted by molar-refractivity contribution is 0.0547. The average molecular weight is 305 g/mol. The van der Waals surface area contributed by atoms with Crippen molar-refractivity contribution in [1.82, 2.24) is 20.0 Å². The zero-order chi connectivity index (χ0) is 15.0. The van der Waals surface area contributed by atoms with E-state index in [2.05, 4.69) is 29.1 Å². The molecular weight excluding hydrogens is 286 g/mol. The van der Waals surface area contributed by atoms with Gasteiger partial charge < -0.3 is 10.6 Å². The number of anilines is 1. The topological polar surface area (TPSA) is 75.3 Å². The minimum atomic E-state index is 0.0158. The molecule has 112 valence electrons. The van der Waals surface area contributed by atoms with Crippen molar-refractivity contribution in [2.45, 2.75) is 19.4 Å². The molecule has 3 rings (SSSR count). The van der Waals surface area contributed by atoms with Gasteiger partial charge in [0.15, 0.2) is 0 Å². The number of aromatic nitrogens is 2. The van der Waals surface area contributed by atoms with Crippen LogP contribution in [0.25, 0.3) is 10.2 Å². The van der Waals surface area contributed by atoms with Crippen LogP contribution in [0, 0.1) is 0 Å². The first kappa shape index (κ1) is 14.2. The van der Waals surface area contributed by atoms with Crippen LogP contribution in [0.4, 0.5) is 5.69 Å². The van der Waals surface area contributed by atoms with Crippen LogP contribution in [-0.2, 0) is 0 Å². The van der Waals surface area contributed by atoms with E-state index < -0.39 is 0 Å². The van der Waals surface area contributed by atoms with Gasteiger partial charge >= 0.3 is 0 Å². The smallest absolute Gasteiger partial charge is 0.266 e. The zero-order valence-electron chi connectivity index (χ0n) is 12.2. The highest BCUT2D eigenvalue weighted by molar-refractivity contribution is 7.21.